The van der Waals surface area contributed by atoms with Gasteiger partial charge in [-0.3, -0.25) is 24.2 Å². The van der Waals surface area contributed by atoms with Gasteiger partial charge in [-0.15, -0.1) is 0 Å². The number of nitrogens with one attached hydrogen (secondary N) is 1. The predicted octanol–water partition coefficient (Wildman–Crippen LogP) is -0.695. The van der Waals surface area contributed by atoms with Gasteiger partial charge < -0.3 is 36.4 Å². The van der Waals surface area contributed by atoms with Crippen molar-refractivity contribution in [1.82, 2.24) is 15.1 Å². The number of benzene rings is 1. The van der Waals surface area contributed by atoms with E-state index in [4.69, 9.17) is 5.73 Å². The number of anilines is 1. The van der Waals surface area contributed by atoms with E-state index in [1.165, 1.54) is 11.0 Å². The molecule has 0 bridgehead atoms. The monoisotopic (exact) mass is 555 g/mol. The first-order valence-electron chi connectivity index (χ1n) is 13.4. The van der Waals surface area contributed by atoms with Crippen LogP contribution >= 0.6 is 0 Å². The van der Waals surface area contributed by atoms with Crippen LogP contribution in [0.3, 0.4) is 0 Å². The molecular weight excluding hydrogens is 518 g/mol. The van der Waals surface area contributed by atoms with Crippen LogP contribution in [-0.4, -0.2) is 120 Å². The Labute approximate surface area is 232 Å². The van der Waals surface area contributed by atoms with Crippen molar-refractivity contribution in [2.45, 2.75) is 24.5 Å². The lowest BCUT2D eigenvalue weighted by Gasteiger charge is -2.56. The van der Waals surface area contributed by atoms with Gasteiger partial charge in [0.1, 0.15) is 22.8 Å². The molecule has 0 spiro atoms. The van der Waals surface area contributed by atoms with Crippen LogP contribution in [0.1, 0.15) is 17.5 Å². The number of hydrogen-bond acceptors (Lipinski definition) is 11. The third-order valence-electron chi connectivity index (χ3n) is 9.02. The van der Waals surface area contributed by atoms with Crippen LogP contribution in [0.2, 0.25) is 0 Å². The Morgan fingerprint density at radius 3 is 2.35 bits per heavy atom. The number of ketones is 2. The molecule has 1 heterocycles. The molecule has 0 aromatic heterocycles. The van der Waals surface area contributed by atoms with E-state index in [-0.39, 0.29) is 29.7 Å². The minimum atomic E-state index is -2.68. The van der Waals surface area contributed by atoms with Crippen LogP contribution < -0.4 is 16.0 Å². The van der Waals surface area contributed by atoms with Crippen molar-refractivity contribution in [2.24, 2.45) is 17.1 Å². The molecule has 5 rings (SSSR count). The van der Waals surface area contributed by atoms with Crippen LogP contribution in [0.5, 0.6) is 5.75 Å². The highest BCUT2D eigenvalue weighted by atomic mass is 16.3. The number of primary amides is 1. The molecule has 216 valence electrons. The number of hydrogen-bond donors (Lipinski definition) is 6. The van der Waals surface area contributed by atoms with E-state index in [1.807, 2.05) is 19.0 Å². The number of phenols is 1. The summed E-state index contributed by atoms with van der Waals surface area (Å²) in [5.41, 5.74) is 2.19. The second-order valence-corrected chi connectivity index (χ2v) is 11.8. The standard InChI is InChI=1S/C28H37N5O7/c1-31(2)16-5-6-17(34)18-14(16)11-27(13-33-9-7-30-8-10-33)12-15-21(32(3)4)23(36)19(26(29)39)24(37)28(15,40)25(38)20(27)22(18)35/h5-6,15,21,30,34-35,37,40H,7-13H2,1-4H3,(H2,29,39)/t15-,21-,27-,28+/m0/s1. The maximum atomic E-state index is 14.5. The number of carbonyl (C=O) groups excluding carboxylic acids is 3. The molecule has 12 heteroatoms. The van der Waals surface area contributed by atoms with E-state index >= 15 is 0 Å². The summed E-state index contributed by atoms with van der Waals surface area (Å²) in [5.74, 6) is -5.99. The smallest absolute Gasteiger partial charge is 0.255 e. The van der Waals surface area contributed by atoms with Gasteiger partial charge in [0.25, 0.3) is 5.91 Å². The number of aliphatic hydroxyl groups is 3. The second-order valence-electron chi connectivity index (χ2n) is 11.8. The third-order valence-corrected chi connectivity index (χ3v) is 9.02. The number of rotatable bonds is 5. The minimum absolute atomic E-state index is 0.0330. The number of carbonyl (C=O) groups is 3. The van der Waals surface area contributed by atoms with Crippen molar-refractivity contribution in [2.75, 3.05) is 65.8 Å². The maximum absolute atomic E-state index is 14.5. The molecule has 1 saturated heterocycles. The number of nitrogens with two attached hydrogens (primary N) is 1. The molecular formula is C28H37N5O7. The van der Waals surface area contributed by atoms with Crippen LogP contribution in [0.15, 0.2) is 29.0 Å². The zero-order valence-electron chi connectivity index (χ0n) is 23.2. The summed E-state index contributed by atoms with van der Waals surface area (Å²) in [6.45, 7) is 3.15. The van der Waals surface area contributed by atoms with Crippen LogP contribution in [-0.2, 0) is 20.8 Å². The maximum Gasteiger partial charge on any atom is 0.255 e. The Bertz CT molecular complexity index is 1360. The first-order valence-corrected chi connectivity index (χ1v) is 13.4. The molecule has 0 unspecified atom stereocenters. The third kappa shape index (κ3) is 3.85. The van der Waals surface area contributed by atoms with Crippen molar-refractivity contribution >= 4 is 28.9 Å². The molecule has 1 aliphatic heterocycles. The Hall–Kier alpha value is -3.45. The summed E-state index contributed by atoms with van der Waals surface area (Å²) in [6, 6.07) is 2.03. The van der Waals surface area contributed by atoms with E-state index in [0.29, 0.717) is 25.2 Å². The number of piperazine rings is 1. The van der Waals surface area contributed by atoms with E-state index in [0.717, 1.165) is 18.8 Å². The molecule has 7 N–H and O–H groups in total. The topological polar surface area (TPSA) is 180 Å². The number of likely N-dealkylation sites (N-methyl/N-ethyl adjacent to an activating group) is 1. The number of aliphatic hydroxyl groups excluding tert-OH is 2. The van der Waals surface area contributed by atoms with Crippen LogP contribution in [0.4, 0.5) is 5.69 Å². The van der Waals surface area contributed by atoms with E-state index in [1.54, 1.807) is 20.2 Å². The van der Waals surface area contributed by atoms with Gasteiger partial charge in [0.15, 0.2) is 11.4 Å². The molecule has 12 nitrogen and oxygen atoms in total. The second kappa shape index (κ2) is 9.58. The largest absolute Gasteiger partial charge is 0.508 e. The van der Waals surface area contributed by atoms with Gasteiger partial charge in [0, 0.05) is 69.4 Å². The highest BCUT2D eigenvalue weighted by molar-refractivity contribution is 6.24. The fourth-order valence-corrected chi connectivity index (χ4v) is 7.33. The molecule has 1 aromatic carbocycles. The highest BCUT2D eigenvalue weighted by Crippen LogP contribution is 2.59. The summed E-state index contributed by atoms with van der Waals surface area (Å²) in [5, 5.41) is 49.1. The molecule has 0 radical (unpaired) electrons. The first-order chi connectivity index (χ1) is 18.8. The molecule has 4 aliphatic rings. The summed E-state index contributed by atoms with van der Waals surface area (Å²) in [6.07, 6.45) is 0.262. The van der Waals surface area contributed by atoms with Gasteiger partial charge >= 0.3 is 0 Å². The zero-order valence-corrected chi connectivity index (χ0v) is 23.2. The number of amides is 1. The molecule has 1 amide bonds. The molecule has 40 heavy (non-hydrogen) atoms. The van der Waals surface area contributed by atoms with Gasteiger partial charge in [-0.2, -0.15) is 0 Å². The fourth-order valence-electron chi connectivity index (χ4n) is 7.33. The number of Topliss-reactive ketones (excluding diaryl/α,β-unsaturated/α-hetero) is 2. The Morgan fingerprint density at radius 1 is 1.12 bits per heavy atom. The zero-order chi connectivity index (χ0) is 29.3. The van der Waals surface area contributed by atoms with E-state index in [9.17, 15) is 34.8 Å². The lowest BCUT2D eigenvalue weighted by molar-refractivity contribution is -0.157. The lowest BCUT2D eigenvalue weighted by Crippen LogP contribution is -2.68. The van der Waals surface area contributed by atoms with Crippen LogP contribution in [0.25, 0.3) is 5.76 Å². The van der Waals surface area contributed by atoms with Gasteiger partial charge in [0.05, 0.1) is 11.6 Å². The summed E-state index contributed by atoms with van der Waals surface area (Å²) < 4.78 is 0. The summed E-state index contributed by atoms with van der Waals surface area (Å²) >= 11 is 0. The quantitative estimate of drug-likeness (QED) is 0.253. The van der Waals surface area contributed by atoms with E-state index in [2.05, 4.69) is 10.2 Å². The fraction of sp³-hybridized carbons (Fsp3) is 0.536. The number of aromatic hydroxyl groups is 1. The molecule has 1 saturated carbocycles. The molecule has 2 fully saturated rings. The molecule has 4 atom stereocenters. The summed E-state index contributed by atoms with van der Waals surface area (Å²) in [7, 11) is 6.87. The average molecular weight is 556 g/mol. The number of fused-ring (bicyclic) bond motifs is 3. The summed E-state index contributed by atoms with van der Waals surface area (Å²) in [4.78, 5) is 45.8. The number of phenolic OH excluding ortho intramolecular Hbond substituents is 1. The average Bonchev–Trinajstić information content (AvgIpc) is 2.86. The number of nitrogens with zero attached hydrogens (tertiary/aromatic N) is 3. The molecule has 1 aromatic rings. The van der Waals surface area contributed by atoms with Gasteiger partial charge in [-0.05, 0) is 44.6 Å². The van der Waals surface area contributed by atoms with Gasteiger partial charge in [-0.1, -0.05) is 0 Å². The van der Waals surface area contributed by atoms with E-state index < -0.39 is 57.5 Å². The first kappa shape index (κ1) is 28.1. The van der Waals surface area contributed by atoms with Crippen molar-refractivity contribution in [3.8, 4) is 5.75 Å². The molecule has 3 aliphatic carbocycles. The van der Waals surface area contributed by atoms with Crippen LogP contribution in [0, 0.1) is 11.3 Å². The Kier molecular flexibility index (Phi) is 6.73. The normalized spacial score (nSPS) is 30.8. The van der Waals surface area contributed by atoms with Gasteiger partial charge in [0.2, 0.25) is 5.78 Å². The van der Waals surface area contributed by atoms with Crippen molar-refractivity contribution in [3.63, 3.8) is 0 Å². The Balaban J connectivity index is 1.81. The van der Waals surface area contributed by atoms with Crippen molar-refractivity contribution in [3.05, 3.63) is 40.2 Å². The lowest BCUT2D eigenvalue weighted by atomic mass is 9.51. The SMILES string of the molecule is CN(C)c1ccc(O)c2c1C[C@@]1(CN3CCNCC3)C[C@H]3[C@H](N(C)C)C(=O)C(C(N)=O)=C(O)[C@@]3(O)C(=O)C1=C2O. The highest BCUT2D eigenvalue weighted by Gasteiger charge is 2.67. The minimum Gasteiger partial charge on any atom is -0.508 e. The van der Waals surface area contributed by atoms with Crippen molar-refractivity contribution < 1.29 is 34.8 Å². The Morgan fingerprint density at radius 2 is 1.77 bits per heavy atom. The predicted molar refractivity (Wildman–Crippen MR) is 147 cm³/mol. The van der Waals surface area contributed by atoms with Crippen molar-refractivity contribution in [1.29, 1.82) is 0 Å². The van der Waals surface area contributed by atoms with Gasteiger partial charge in [-0.25, -0.2) is 0 Å².